The Kier molecular flexibility index (Phi) is 9.81. The zero-order chi connectivity index (χ0) is 34.9. The third kappa shape index (κ3) is 6.86. The highest BCUT2D eigenvalue weighted by Gasteiger charge is 2.53. The summed E-state index contributed by atoms with van der Waals surface area (Å²) >= 11 is 0. The summed E-state index contributed by atoms with van der Waals surface area (Å²) in [4.78, 5) is 39.0. The number of methoxy groups -OCH3 is 1. The molecule has 3 aromatic rings. The molecule has 0 spiro atoms. The van der Waals surface area contributed by atoms with Crippen LogP contribution >= 0.6 is 0 Å². The minimum atomic E-state index is -1.47. The summed E-state index contributed by atoms with van der Waals surface area (Å²) in [5.74, 6) is -1.64. The molecule has 48 heavy (non-hydrogen) atoms. The van der Waals surface area contributed by atoms with Crippen LogP contribution in [-0.2, 0) is 25.4 Å². The van der Waals surface area contributed by atoms with Gasteiger partial charge in [-0.05, 0) is 83.4 Å². The van der Waals surface area contributed by atoms with Crippen LogP contribution in [0.15, 0.2) is 75.0 Å². The van der Waals surface area contributed by atoms with Gasteiger partial charge in [0.25, 0.3) is 5.91 Å². The Morgan fingerprint density at radius 1 is 1.15 bits per heavy atom. The van der Waals surface area contributed by atoms with Crippen LogP contribution in [0.25, 0.3) is 11.0 Å². The number of aliphatic hydroxyl groups is 1. The van der Waals surface area contributed by atoms with E-state index in [2.05, 4.69) is 5.32 Å². The van der Waals surface area contributed by atoms with Gasteiger partial charge in [0.2, 0.25) is 6.29 Å². The van der Waals surface area contributed by atoms with Crippen molar-refractivity contribution in [1.29, 1.82) is 0 Å². The van der Waals surface area contributed by atoms with Gasteiger partial charge in [-0.15, -0.1) is 0 Å². The number of aliphatic hydroxyl groups excluding tert-OH is 1. The van der Waals surface area contributed by atoms with E-state index >= 15 is 0 Å². The van der Waals surface area contributed by atoms with Gasteiger partial charge in [-0.1, -0.05) is 29.9 Å². The van der Waals surface area contributed by atoms with Crippen molar-refractivity contribution in [3.63, 3.8) is 0 Å². The minimum Gasteiger partial charge on any atom is -0.508 e. The maximum Gasteiger partial charge on any atom is 0.364 e. The molecule has 1 fully saturated rings. The lowest BCUT2D eigenvalue weighted by Crippen LogP contribution is -2.65. The number of benzene rings is 2. The molecule has 12 nitrogen and oxygen atoms in total. The first kappa shape index (κ1) is 34.4. The van der Waals surface area contributed by atoms with Crippen molar-refractivity contribution in [2.75, 3.05) is 12.4 Å². The predicted octanol–water partition coefficient (Wildman–Crippen LogP) is 4.96. The van der Waals surface area contributed by atoms with Crippen LogP contribution in [-0.4, -0.2) is 64.5 Å². The molecule has 1 amide bonds. The molecule has 12 heteroatoms. The summed E-state index contributed by atoms with van der Waals surface area (Å²) in [5.41, 5.74) is -0.133. The van der Waals surface area contributed by atoms with E-state index in [-0.39, 0.29) is 28.0 Å². The number of hydrogen-bond acceptors (Lipinski definition) is 11. The second-order valence-electron chi connectivity index (χ2n) is 12.5. The Morgan fingerprint density at radius 3 is 2.56 bits per heavy atom. The molecule has 0 unspecified atom stereocenters. The molecule has 5 rings (SSSR count). The third-order valence-electron chi connectivity index (χ3n) is 8.35. The lowest BCUT2D eigenvalue weighted by molar-refractivity contribution is -0.307. The molecule has 2 aromatic carbocycles. The summed E-state index contributed by atoms with van der Waals surface area (Å²) in [5, 5.41) is 35.1. The molecule has 1 aromatic heterocycles. The fraction of sp³-hybridized carbons (Fsp3) is 0.361. The van der Waals surface area contributed by atoms with Gasteiger partial charge in [0.1, 0.15) is 23.2 Å². The molecule has 4 atom stereocenters. The fourth-order valence-electron chi connectivity index (χ4n) is 5.73. The van der Waals surface area contributed by atoms with Gasteiger partial charge in [0, 0.05) is 23.8 Å². The second kappa shape index (κ2) is 13.7. The molecule has 1 saturated heterocycles. The zero-order valence-electron chi connectivity index (χ0n) is 27.5. The standard InChI is InChI=1S/C36H39NO11/c1-18(2)11-12-21-17-22(13-15-24(21)38)32(41)37-26-27(39)23-14-16-25(19(3)29(23)46-34(26)43)45-35-28(40)30(31(44-6)36(4,5)48-35)47-33(42)20-9-7-8-10-20/h7-9,11,13-17,28,30-31,35,38-40H,10,12H2,1-6H3,(H,37,41)/t28-,30+,31-,35-/m1/s1. The summed E-state index contributed by atoms with van der Waals surface area (Å²) in [7, 11) is 1.42. The summed E-state index contributed by atoms with van der Waals surface area (Å²) in [6, 6.07) is 7.21. The van der Waals surface area contributed by atoms with Crippen molar-refractivity contribution in [3.05, 3.63) is 92.9 Å². The fourth-order valence-corrected chi connectivity index (χ4v) is 5.73. The molecular formula is C36H39NO11. The average molecular weight is 662 g/mol. The lowest BCUT2D eigenvalue weighted by Gasteiger charge is -2.47. The zero-order valence-corrected chi connectivity index (χ0v) is 27.5. The number of aryl methyl sites for hydroxylation is 1. The van der Waals surface area contributed by atoms with Gasteiger partial charge >= 0.3 is 11.6 Å². The van der Waals surface area contributed by atoms with Gasteiger partial charge in [-0.25, -0.2) is 9.59 Å². The Bertz CT molecular complexity index is 1900. The van der Waals surface area contributed by atoms with E-state index in [0.717, 1.165) is 5.57 Å². The third-order valence-corrected chi connectivity index (χ3v) is 8.35. The number of allylic oxidation sites excluding steroid dienone is 5. The van der Waals surface area contributed by atoms with Gasteiger partial charge in [-0.2, -0.15) is 0 Å². The number of ether oxygens (including phenoxy) is 4. The van der Waals surface area contributed by atoms with E-state index in [4.69, 9.17) is 23.4 Å². The first-order chi connectivity index (χ1) is 22.7. The van der Waals surface area contributed by atoms with Crippen molar-refractivity contribution >= 4 is 28.5 Å². The van der Waals surface area contributed by atoms with E-state index in [1.807, 2.05) is 26.0 Å². The molecule has 0 saturated carbocycles. The quantitative estimate of drug-likeness (QED) is 0.139. The van der Waals surface area contributed by atoms with Crippen LogP contribution in [0.4, 0.5) is 5.69 Å². The number of nitrogens with one attached hydrogen (secondary N) is 1. The highest BCUT2D eigenvalue weighted by molar-refractivity contribution is 6.06. The Balaban J connectivity index is 1.40. The van der Waals surface area contributed by atoms with Gasteiger partial charge in [0.15, 0.2) is 23.6 Å². The van der Waals surface area contributed by atoms with E-state index < -0.39 is 59.1 Å². The van der Waals surface area contributed by atoms with Crippen LogP contribution in [0.2, 0.25) is 0 Å². The average Bonchev–Trinajstić information content (AvgIpc) is 3.58. The number of amides is 1. The summed E-state index contributed by atoms with van der Waals surface area (Å²) in [6.07, 6.45) is 3.12. The van der Waals surface area contributed by atoms with E-state index in [0.29, 0.717) is 29.5 Å². The molecule has 0 bridgehead atoms. The molecular weight excluding hydrogens is 622 g/mol. The molecule has 2 aliphatic rings. The number of carbonyl (C=O) groups excluding carboxylic acids is 2. The maximum atomic E-state index is 13.1. The van der Waals surface area contributed by atoms with E-state index in [9.17, 15) is 29.7 Å². The van der Waals surface area contributed by atoms with Crippen LogP contribution in [0.3, 0.4) is 0 Å². The number of anilines is 1. The Hall–Kier alpha value is -4.91. The summed E-state index contributed by atoms with van der Waals surface area (Å²) in [6.45, 7) is 8.84. The van der Waals surface area contributed by atoms with Crippen molar-refractivity contribution in [2.24, 2.45) is 0 Å². The lowest BCUT2D eigenvalue weighted by atomic mass is 9.89. The normalized spacial score (nSPS) is 21.4. The topological polar surface area (TPSA) is 174 Å². The van der Waals surface area contributed by atoms with Crippen molar-refractivity contribution < 1.29 is 48.3 Å². The predicted molar refractivity (Wildman–Crippen MR) is 176 cm³/mol. The Labute approximate surface area is 276 Å². The molecule has 2 heterocycles. The highest BCUT2D eigenvalue weighted by atomic mass is 16.7. The van der Waals surface area contributed by atoms with Crippen LogP contribution in [0.1, 0.15) is 55.6 Å². The van der Waals surface area contributed by atoms with Crippen molar-refractivity contribution in [2.45, 2.75) is 77.7 Å². The number of aromatic hydroxyl groups is 2. The SMILES string of the molecule is CO[C@@H]1[C@@H](OC(=O)C2=CC=CC2)[C@@H](O)[C@H](Oc2ccc3c(O)c(NC(=O)c4ccc(O)c(CC=C(C)C)c4)c(=O)oc3c2C)OC1(C)C. The van der Waals surface area contributed by atoms with Gasteiger partial charge in [-0.3, -0.25) is 4.79 Å². The molecule has 4 N–H and O–H groups in total. The second-order valence-corrected chi connectivity index (χ2v) is 12.5. The number of phenols is 1. The van der Waals surface area contributed by atoms with E-state index in [1.54, 1.807) is 32.9 Å². The van der Waals surface area contributed by atoms with Crippen molar-refractivity contribution in [3.8, 4) is 17.2 Å². The van der Waals surface area contributed by atoms with Crippen LogP contribution in [0.5, 0.6) is 17.2 Å². The minimum absolute atomic E-state index is 0.0228. The Morgan fingerprint density at radius 2 is 1.90 bits per heavy atom. The van der Waals surface area contributed by atoms with Gasteiger partial charge in [0.05, 0.1) is 11.0 Å². The summed E-state index contributed by atoms with van der Waals surface area (Å²) < 4.78 is 29.0. The number of fused-ring (bicyclic) bond motifs is 1. The number of phenolic OH excluding ortho intramolecular Hbond substituents is 1. The monoisotopic (exact) mass is 661 g/mol. The number of rotatable bonds is 9. The van der Waals surface area contributed by atoms with Crippen LogP contribution in [0, 0.1) is 6.92 Å². The van der Waals surface area contributed by atoms with Gasteiger partial charge < -0.3 is 44.0 Å². The largest absolute Gasteiger partial charge is 0.508 e. The number of hydrogen-bond donors (Lipinski definition) is 4. The first-order valence-corrected chi connectivity index (χ1v) is 15.4. The molecule has 0 radical (unpaired) electrons. The number of esters is 1. The highest BCUT2D eigenvalue weighted by Crippen LogP contribution is 2.39. The molecule has 1 aliphatic carbocycles. The van der Waals surface area contributed by atoms with E-state index in [1.165, 1.54) is 37.4 Å². The van der Waals surface area contributed by atoms with Crippen LogP contribution < -0.4 is 15.7 Å². The maximum absolute atomic E-state index is 13.1. The van der Waals surface area contributed by atoms with Crippen molar-refractivity contribution in [1.82, 2.24) is 0 Å². The smallest absolute Gasteiger partial charge is 0.364 e. The number of carbonyl (C=O) groups is 2. The first-order valence-electron chi connectivity index (χ1n) is 15.4. The molecule has 1 aliphatic heterocycles. The molecule has 254 valence electrons.